The smallest absolute Gasteiger partial charge is 0.161 e. The molecule has 0 spiro atoms. The number of halogens is 1. The summed E-state index contributed by atoms with van der Waals surface area (Å²) in [6, 6.07) is 6.01. The van der Waals surface area contributed by atoms with E-state index >= 15 is 0 Å². The van der Waals surface area contributed by atoms with Crippen molar-refractivity contribution in [3.8, 4) is 0 Å². The molecule has 0 aliphatic heterocycles. The number of Topliss-reactive ketones (excluding diaryl/α,β-unsaturated/α-hetero) is 1. The van der Waals surface area contributed by atoms with Crippen LogP contribution in [0.4, 0.5) is 0 Å². The Morgan fingerprint density at radius 1 is 1.46 bits per heavy atom. The fourth-order valence-electron chi connectivity index (χ4n) is 1.39. The number of carbonyl (C=O) groups is 1. The molecule has 1 N–H and O–H groups in total. The van der Waals surface area contributed by atoms with E-state index in [0.717, 1.165) is 16.5 Å². The van der Waals surface area contributed by atoms with E-state index in [-0.39, 0.29) is 5.78 Å². The second-order valence-corrected chi connectivity index (χ2v) is 4.19. The maximum absolute atomic E-state index is 11.2. The van der Waals surface area contributed by atoms with Crippen molar-refractivity contribution in [3.63, 3.8) is 0 Å². The lowest BCUT2D eigenvalue weighted by Gasteiger charge is -1.93. The molecule has 66 valence electrons. The summed E-state index contributed by atoms with van der Waals surface area (Å²) in [5.41, 5.74) is 1.79. The van der Waals surface area contributed by atoms with Gasteiger partial charge in [0.25, 0.3) is 0 Å². The number of benzene rings is 1. The first-order valence-electron chi connectivity index (χ1n) is 3.96. The number of aromatic amines is 1. The largest absolute Gasteiger partial charge is 0.360 e. The monoisotopic (exact) mass is 285 g/mol. The Morgan fingerprint density at radius 2 is 2.23 bits per heavy atom. The molecule has 0 fully saturated rings. The second kappa shape index (κ2) is 3.14. The fourth-order valence-corrected chi connectivity index (χ4v) is 1.88. The minimum Gasteiger partial charge on any atom is -0.360 e. The highest BCUT2D eigenvalue weighted by Crippen LogP contribution is 2.20. The van der Waals surface area contributed by atoms with Crippen LogP contribution in [0, 0.1) is 3.57 Å². The van der Waals surface area contributed by atoms with Gasteiger partial charge in [-0.1, -0.05) is 6.07 Å². The number of hydrogen-bond acceptors (Lipinski definition) is 1. The van der Waals surface area contributed by atoms with Crippen LogP contribution in [-0.2, 0) is 0 Å². The molecule has 0 bridgehead atoms. The van der Waals surface area contributed by atoms with Crippen LogP contribution in [0.5, 0.6) is 0 Å². The van der Waals surface area contributed by atoms with Crippen molar-refractivity contribution in [1.82, 2.24) is 4.98 Å². The molecule has 0 aliphatic carbocycles. The van der Waals surface area contributed by atoms with Gasteiger partial charge in [-0.3, -0.25) is 4.79 Å². The van der Waals surface area contributed by atoms with Gasteiger partial charge in [0, 0.05) is 26.2 Å². The van der Waals surface area contributed by atoms with Gasteiger partial charge in [0.2, 0.25) is 0 Å². The van der Waals surface area contributed by atoms with E-state index in [1.807, 2.05) is 18.2 Å². The molecule has 0 saturated heterocycles. The van der Waals surface area contributed by atoms with Crippen molar-refractivity contribution in [2.45, 2.75) is 6.92 Å². The van der Waals surface area contributed by atoms with Gasteiger partial charge in [-0.15, -0.1) is 0 Å². The first kappa shape index (κ1) is 8.74. The topological polar surface area (TPSA) is 32.9 Å². The Labute approximate surface area is 89.5 Å². The number of H-pyrrole nitrogens is 1. The number of hydrogen-bond donors (Lipinski definition) is 1. The first-order chi connectivity index (χ1) is 6.18. The molecule has 1 aromatic heterocycles. The third-order valence-corrected chi connectivity index (χ3v) is 2.69. The minimum absolute atomic E-state index is 0.104. The zero-order chi connectivity index (χ0) is 9.42. The third-order valence-electron chi connectivity index (χ3n) is 2.02. The molecule has 0 atom stereocenters. The third kappa shape index (κ3) is 1.48. The summed E-state index contributed by atoms with van der Waals surface area (Å²) in [7, 11) is 0. The minimum atomic E-state index is 0.104. The van der Waals surface area contributed by atoms with Crippen LogP contribution in [0.2, 0.25) is 0 Å². The Kier molecular flexibility index (Phi) is 2.11. The molecule has 2 rings (SSSR count). The zero-order valence-electron chi connectivity index (χ0n) is 7.10. The standard InChI is InChI=1S/C10H8INO/c1-6(13)9-5-12-10-4-7(11)2-3-8(9)10/h2-5,12H,1H3. The molecular formula is C10H8INO. The Hall–Kier alpha value is -0.840. The second-order valence-electron chi connectivity index (χ2n) is 2.95. The molecule has 0 amide bonds. The number of rotatable bonds is 1. The lowest BCUT2D eigenvalue weighted by molar-refractivity contribution is 0.101. The molecule has 1 aromatic carbocycles. The van der Waals surface area contributed by atoms with Crippen molar-refractivity contribution in [2.75, 3.05) is 0 Å². The summed E-state index contributed by atoms with van der Waals surface area (Å²) in [5.74, 6) is 0.104. The van der Waals surface area contributed by atoms with Crippen LogP contribution < -0.4 is 0 Å². The Balaban J connectivity index is 2.76. The molecule has 13 heavy (non-hydrogen) atoms. The Bertz CT molecular complexity index is 473. The number of ketones is 1. The van der Waals surface area contributed by atoms with E-state index in [0.29, 0.717) is 0 Å². The van der Waals surface area contributed by atoms with Gasteiger partial charge < -0.3 is 4.98 Å². The first-order valence-corrected chi connectivity index (χ1v) is 5.04. The summed E-state index contributed by atoms with van der Waals surface area (Å²) in [6.45, 7) is 1.58. The van der Waals surface area contributed by atoms with Crippen LogP contribution in [0.15, 0.2) is 24.4 Å². The summed E-state index contributed by atoms with van der Waals surface area (Å²) in [5, 5.41) is 1.01. The number of fused-ring (bicyclic) bond motifs is 1. The van der Waals surface area contributed by atoms with E-state index in [9.17, 15) is 4.79 Å². The molecule has 3 heteroatoms. The molecular weight excluding hydrogens is 277 g/mol. The summed E-state index contributed by atoms with van der Waals surface area (Å²) < 4.78 is 1.17. The Morgan fingerprint density at radius 3 is 2.92 bits per heavy atom. The SMILES string of the molecule is CC(=O)c1c[nH]c2cc(I)ccc12. The lowest BCUT2D eigenvalue weighted by atomic mass is 10.1. The highest BCUT2D eigenvalue weighted by atomic mass is 127. The van der Waals surface area contributed by atoms with Crippen molar-refractivity contribution >= 4 is 39.3 Å². The highest BCUT2D eigenvalue weighted by molar-refractivity contribution is 14.1. The van der Waals surface area contributed by atoms with Gasteiger partial charge in [-0.25, -0.2) is 0 Å². The number of nitrogens with one attached hydrogen (secondary N) is 1. The maximum atomic E-state index is 11.2. The normalized spacial score (nSPS) is 10.6. The van der Waals surface area contributed by atoms with Gasteiger partial charge in [0.15, 0.2) is 5.78 Å². The van der Waals surface area contributed by atoms with Gasteiger partial charge in [-0.05, 0) is 41.6 Å². The van der Waals surface area contributed by atoms with Crippen LogP contribution in [0.25, 0.3) is 10.9 Å². The van der Waals surface area contributed by atoms with Gasteiger partial charge in [0.1, 0.15) is 0 Å². The maximum Gasteiger partial charge on any atom is 0.161 e. The van der Waals surface area contributed by atoms with Crippen molar-refractivity contribution in [1.29, 1.82) is 0 Å². The molecule has 0 radical (unpaired) electrons. The van der Waals surface area contributed by atoms with Crippen molar-refractivity contribution < 1.29 is 4.79 Å². The van der Waals surface area contributed by atoms with Crippen molar-refractivity contribution in [3.05, 3.63) is 33.5 Å². The van der Waals surface area contributed by atoms with E-state index in [2.05, 4.69) is 27.6 Å². The summed E-state index contributed by atoms with van der Waals surface area (Å²) in [6.07, 6.45) is 1.77. The van der Waals surface area contributed by atoms with Crippen molar-refractivity contribution in [2.24, 2.45) is 0 Å². The average Bonchev–Trinajstić information content (AvgIpc) is 2.46. The van der Waals surface area contributed by atoms with Crippen LogP contribution >= 0.6 is 22.6 Å². The van der Waals surface area contributed by atoms with Crippen LogP contribution in [-0.4, -0.2) is 10.8 Å². The van der Waals surface area contributed by atoms with Crippen LogP contribution in [0.1, 0.15) is 17.3 Å². The summed E-state index contributed by atoms with van der Waals surface area (Å²) in [4.78, 5) is 14.3. The fraction of sp³-hybridized carbons (Fsp3) is 0.100. The van der Waals surface area contributed by atoms with E-state index in [1.54, 1.807) is 13.1 Å². The molecule has 1 heterocycles. The highest BCUT2D eigenvalue weighted by Gasteiger charge is 2.06. The predicted molar refractivity (Wildman–Crippen MR) is 61.0 cm³/mol. The number of carbonyl (C=O) groups excluding carboxylic acids is 1. The van der Waals surface area contributed by atoms with E-state index in [1.165, 1.54) is 3.57 Å². The molecule has 2 nitrogen and oxygen atoms in total. The van der Waals surface area contributed by atoms with Crippen LogP contribution in [0.3, 0.4) is 0 Å². The molecule has 0 saturated carbocycles. The van der Waals surface area contributed by atoms with Gasteiger partial charge in [0.05, 0.1) is 0 Å². The van der Waals surface area contributed by atoms with Gasteiger partial charge >= 0.3 is 0 Å². The van der Waals surface area contributed by atoms with E-state index in [4.69, 9.17) is 0 Å². The molecule has 0 aliphatic rings. The average molecular weight is 285 g/mol. The molecule has 0 unspecified atom stereocenters. The van der Waals surface area contributed by atoms with Gasteiger partial charge in [-0.2, -0.15) is 0 Å². The lowest BCUT2D eigenvalue weighted by Crippen LogP contribution is -1.88. The summed E-state index contributed by atoms with van der Waals surface area (Å²) >= 11 is 2.25. The zero-order valence-corrected chi connectivity index (χ0v) is 9.25. The number of aromatic nitrogens is 1. The molecule has 2 aromatic rings. The predicted octanol–water partition coefficient (Wildman–Crippen LogP) is 2.98. The van der Waals surface area contributed by atoms with E-state index < -0.39 is 0 Å². The quantitative estimate of drug-likeness (QED) is 0.634.